The van der Waals surface area contributed by atoms with Gasteiger partial charge < -0.3 is 15.2 Å². The molecule has 1 unspecified atom stereocenters. The summed E-state index contributed by atoms with van der Waals surface area (Å²) in [6, 6.07) is 6.95. The lowest BCUT2D eigenvalue weighted by Gasteiger charge is -2.11. The highest BCUT2D eigenvalue weighted by Crippen LogP contribution is 2.13. The zero-order chi connectivity index (χ0) is 12.7. The summed E-state index contributed by atoms with van der Waals surface area (Å²) in [6.45, 7) is 4.70. The second-order valence-corrected chi connectivity index (χ2v) is 3.64. The summed E-state index contributed by atoms with van der Waals surface area (Å²) in [7, 11) is 0. The van der Waals surface area contributed by atoms with E-state index in [0.29, 0.717) is 19.6 Å². The van der Waals surface area contributed by atoms with E-state index in [9.17, 15) is 4.79 Å². The lowest BCUT2D eigenvalue weighted by Crippen LogP contribution is -2.34. The first kappa shape index (κ1) is 13.5. The van der Waals surface area contributed by atoms with Crippen LogP contribution in [0.2, 0.25) is 0 Å². The predicted molar refractivity (Wildman–Crippen MR) is 65.9 cm³/mol. The second kappa shape index (κ2) is 6.91. The van der Waals surface area contributed by atoms with Gasteiger partial charge >= 0.3 is 5.97 Å². The van der Waals surface area contributed by atoms with Gasteiger partial charge in [-0.25, -0.2) is 0 Å². The Bertz CT molecular complexity index is 348. The zero-order valence-corrected chi connectivity index (χ0v) is 10.3. The SMILES string of the molecule is CCOC(=O)C(N)Cc1ccc(OCC)cc1. The van der Waals surface area contributed by atoms with Crippen LogP contribution >= 0.6 is 0 Å². The molecule has 0 radical (unpaired) electrons. The first-order chi connectivity index (χ1) is 8.17. The van der Waals surface area contributed by atoms with Crippen molar-refractivity contribution in [2.75, 3.05) is 13.2 Å². The van der Waals surface area contributed by atoms with Crippen molar-refractivity contribution in [1.29, 1.82) is 0 Å². The Labute approximate surface area is 102 Å². The van der Waals surface area contributed by atoms with Gasteiger partial charge in [0, 0.05) is 0 Å². The summed E-state index contributed by atoms with van der Waals surface area (Å²) in [5.74, 6) is 0.461. The van der Waals surface area contributed by atoms with E-state index in [1.54, 1.807) is 6.92 Å². The molecule has 0 bridgehead atoms. The first-order valence-electron chi connectivity index (χ1n) is 5.81. The number of rotatable bonds is 6. The third-order valence-corrected chi connectivity index (χ3v) is 2.28. The van der Waals surface area contributed by atoms with Gasteiger partial charge in [0.15, 0.2) is 0 Å². The molecule has 4 heteroatoms. The molecule has 1 aromatic carbocycles. The summed E-state index contributed by atoms with van der Waals surface area (Å²) in [5, 5.41) is 0. The minimum absolute atomic E-state index is 0.357. The van der Waals surface area contributed by atoms with Crippen molar-refractivity contribution in [3.8, 4) is 5.75 Å². The number of benzene rings is 1. The Morgan fingerprint density at radius 2 is 1.88 bits per heavy atom. The number of ether oxygens (including phenoxy) is 2. The van der Waals surface area contributed by atoms with Gasteiger partial charge in [0.1, 0.15) is 11.8 Å². The minimum atomic E-state index is -0.604. The number of carbonyl (C=O) groups is 1. The molecule has 0 saturated heterocycles. The van der Waals surface area contributed by atoms with E-state index < -0.39 is 6.04 Å². The minimum Gasteiger partial charge on any atom is -0.494 e. The molecular formula is C13H19NO3. The molecule has 1 atom stereocenters. The van der Waals surface area contributed by atoms with Gasteiger partial charge in [-0.3, -0.25) is 4.79 Å². The van der Waals surface area contributed by atoms with E-state index in [2.05, 4.69) is 0 Å². The zero-order valence-electron chi connectivity index (χ0n) is 10.3. The normalized spacial score (nSPS) is 11.9. The van der Waals surface area contributed by atoms with Crippen LogP contribution in [0.3, 0.4) is 0 Å². The summed E-state index contributed by atoms with van der Waals surface area (Å²) in [6.07, 6.45) is 0.477. The van der Waals surface area contributed by atoms with Crippen LogP contribution in [-0.2, 0) is 16.0 Å². The predicted octanol–water partition coefficient (Wildman–Crippen LogP) is 1.52. The molecule has 0 spiro atoms. The largest absolute Gasteiger partial charge is 0.494 e. The number of hydrogen-bond acceptors (Lipinski definition) is 4. The van der Waals surface area contributed by atoms with E-state index >= 15 is 0 Å². The van der Waals surface area contributed by atoms with Gasteiger partial charge in [-0.2, -0.15) is 0 Å². The molecule has 1 aromatic rings. The van der Waals surface area contributed by atoms with E-state index in [0.717, 1.165) is 11.3 Å². The molecule has 0 aliphatic rings. The van der Waals surface area contributed by atoms with Gasteiger partial charge in [-0.15, -0.1) is 0 Å². The molecule has 4 nitrogen and oxygen atoms in total. The van der Waals surface area contributed by atoms with Gasteiger partial charge in [-0.05, 0) is 38.0 Å². The molecule has 0 aromatic heterocycles. The average Bonchev–Trinajstić information content (AvgIpc) is 2.32. The van der Waals surface area contributed by atoms with Crippen molar-refractivity contribution in [2.24, 2.45) is 5.73 Å². The van der Waals surface area contributed by atoms with Crippen molar-refractivity contribution >= 4 is 5.97 Å². The van der Waals surface area contributed by atoms with Crippen LogP contribution in [0.15, 0.2) is 24.3 Å². The lowest BCUT2D eigenvalue weighted by molar-refractivity contribution is -0.144. The summed E-state index contributed by atoms with van der Waals surface area (Å²) in [4.78, 5) is 11.3. The Morgan fingerprint density at radius 3 is 2.41 bits per heavy atom. The van der Waals surface area contributed by atoms with Crippen LogP contribution in [0.4, 0.5) is 0 Å². The lowest BCUT2D eigenvalue weighted by atomic mass is 10.1. The number of esters is 1. The van der Waals surface area contributed by atoms with Crippen molar-refractivity contribution in [1.82, 2.24) is 0 Å². The smallest absolute Gasteiger partial charge is 0.323 e. The maximum absolute atomic E-state index is 11.3. The van der Waals surface area contributed by atoms with Crippen LogP contribution in [0.25, 0.3) is 0 Å². The van der Waals surface area contributed by atoms with Crippen LogP contribution in [-0.4, -0.2) is 25.2 Å². The highest BCUT2D eigenvalue weighted by molar-refractivity contribution is 5.75. The third-order valence-electron chi connectivity index (χ3n) is 2.28. The van der Waals surface area contributed by atoms with Gasteiger partial charge in [0.25, 0.3) is 0 Å². The molecular weight excluding hydrogens is 218 g/mol. The van der Waals surface area contributed by atoms with Crippen molar-refractivity contribution in [3.05, 3.63) is 29.8 Å². The second-order valence-electron chi connectivity index (χ2n) is 3.64. The topological polar surface area (TPSA) is 61.5 Å². The van der Waals surface area contributed by atoms with E-state index in [1.807, 2.05) is 31.2 Å². The highest BCUT2D eigenvalue weighted by Gasteiger charge is 2.14. The Morgan fingerprint density at radius 1 is 1.24 bits per heavy atom. The fourth-order valence-electron chi connectivity index (χ4n) is 1.47. The molecule has 0 aliphatic carbocycles. The maximum atomic E-state index is 11.3. The molecule has 0 heterocycles. The number of carbonyl (C=O) groups excluding carboxylic acids is 1. The quantitative estimate of drug-likeness (QED) is 0.762. The molecule has 0 saturated carbocycles. The summed E-state index contributed by atoms with van der Waals surface area (Å²) < 4.78 is 10.2. The average molecular weight is 237 g/mol. The maximum Gasteiger partial charge on any atom is 0.323 e. The number of nitrogens with two attached hydrogens (primary N) is 1. The van der Waals surface area contributed by atoms with E-state index in [-0.39, 0.29) is 5.97 Å². The van der Waals surface area contributed by atoms with Crippen LogP contribution in [0.1, 0.15) is 19.4 Å². The van der Waals surface area contributed by atoms with Gasteiger partial charge in [0.05, 0.1) is 13.2 Å². The Hall–Kier alpha value is -1.55. The van der Waals surface area contributed by atoms with Crippen molar-refractivity contribution in [2.45, 2.75) is 26.3 Å². The summed E-state index contributed by atoms with van der Waals surface area (Å²) >= 11 is 0. The standard InChI is InChI=1S/C13H19NO3/c1-3-16-11-7-5-10(6-8-11)9-12(14)13(15)17-4-2/h5-8,12H,3-4,9,14H2,1-2H3. The Balaban J connectivity index is 2.53. The van der Waals surface area contributed by atoms with Gasteiger partial charge in [0.2, 0.25) is 0 Å². The fraction of sp³-hybridized carbons (Fsp3) is 0.462. The molecule has 94 valence electrons. The van der Waals surface area contributed by atoms with E-state index in [4.69, 9.17) is 15.2 Å². The molecule has 0 amide bonds. The van der Waals surface area contributed by atoms with Crippen LogP contribution in [0.5, 0.6) is 5.75 Å². The van der Waals surface area contributed by atoms with E-state index in [1.165, 1.54) is 0 Å². The van der Waals surface area contributed by atoms with Crippen molar-refractivity contribution in [3.63, 3.8) is 0 Å². The van der Waals surface area contributed by atoms with Crippen LogP contribution in [0, 0.1) is 0 Å². The number of hydrogen-bond donors (Lipinski definition) is 1. The van der Waals surface area contributed by atoms with Crippen LogP contribution < -0.4 is 10.5 Å². The molecule has 2 N–H and O–H groups in total. The summed E-state index contributed by atoms with van der Waals surface area (Å²) in [5.41, 5.74) is 6.72. The Kier molecular flexibility index (Phi) is 5.49. The molecule has 17 heavy (non-hydrogen) atoms. The fourth-order valence-corrected chi connectivity index (χ4v) is 1.47. The third kappa shape index (κ3) is 4.44. The monoisotopic (exact) mass is 237 g/mol. The molecule has 0 fully saturated rings. The highest BCUT2D eigenvalue weighted by atomic mass is 16.5. The van der Waals surface area contributed by atoms with Gasteiger partial charge in [-0.1, -0.05) is 12.1 Å². The first-order valence-corrected chi connectivity index (χ1v) is 5.81. The molecule has 0 aliphatic heterocycles. The van der Waals surface area contributed by atoms with Crippen molar-refractivity contribution < 1.29 is 14.3 Å². The molecule has 1 rings (SSSR count).